The topological polar surface area (TPSA) is 17.1 Å². The third-order valence-corrected chi connectivity index (χ3v) is 2.90. The summed E-state index contributed by atoms with van der Waals surface area (Å²) in [6.07, 6.45) is 4.18. The molecule has 0 radical (unpaired) electrons. The maximum Gasteiger partial charge on any atom is 0.139 e. The number of hydrogen-bond donors (Lipinski definition) is 0. The van der Waals surface area contributed by atoms with Crippen LogP contribution in [0.15, 0.2) is 0 Å². The Balaban J connectivity index is 3.79. The maximum absolute atomic E-state index is 11.6. The van der Waals surface area contributed by atoms with Crippen LogP contribution in [0.25, 0.3) is 0 Å². The van der Waals surface area contributed by atoms with Gasteiger partial charge in [-0.25, -0.2) is 0 Å². The van der Waals surface area contributed by atoms with E-state index >= 15 is 0 Å². The minimum Gasteiger partial charge on any atom is -0.299 e. The summed E-state index contributed by atoms with van der Waals surface area (Å²) in [5.41, 5.74) is -0.182. The van der Waals surface area contributed by atoms with Crippen LogP contribution in [0.1, 0.15) is 53.4 Å². The van der Waals surface area contributed by atoms with Crippen LogP contribution in [0.3, 0.4) is 0 Å². The van der Waals surface area contributed by atoms with Gasteiger partial charge < -0.3 is 0 Å². The van der Waals surface area contributed by atoms with Crippen molar-refractivity contribution in [1.29, 1.82) is 0 Å². The number of Topliss-reactive ketones (excluding diaryl/α,β-unsaturated/α-hetero) is 1. The van der Waals surface area contributed by atoms with Gasteiger partial charge in [0.05, 0.1) is 0 Å². The summed E-state index contributed by atoms with van der Waals surface area (Å²) >= 11 is 3.55. The Bertz CT molecular complexity index is 158. The van der Waals surface area contributed by atoms with E-state index < -0.39 is 0 Å². The van der Waals surface area contributed by atoms with Crippen LogP contribution >= 0.6 is 15.9 Å². The van der Waals surface area contributed by atoms with Gasteiger partial charge in [-0.15, -0.1) is 0 Å². The number of halogens is 1. The first kappa shape index (κ1) is 13.2. The van der Waals surface area contributed by atoms with Crippen LogP contribution in [0.2, 0.25) is 0 Å². The molecule has 0 saturated carbocycles. The Kier molecular flexibility index (Phi) is 5.86. The lowest BCUT2D eigenvalue weighted by Gasteiger charge is -2.18. The quantitative estimate of drug-likeness (QED) is 0.674. The highest BCUT2D eigenvalue weighted by atomic mass is 79.9. The van der Waals surface area contributed by atoms with Gasteiger partial charge >= 0.3 is 0 Å². The Morgan fingerprint density at radius 3 is 2.31 bits per heavy atom. The van der Waals surface area contributed by atoms with Gasteiger partial charge in [0.25, 0.3) is 0 Å². The second-order valence-corrected chi connectivity index (χ2v) is 5.91. The number of carbonyl (C=O) groups is 1. The van der Waals surface area contributed by atoms with E-state index in [1.165, 1.54) is 12.8 Å². The van der Waals surface area contributed by atoms with Crippen LogP contribution in [0.5, 0.6) is 0 Å². The van der Waals surface area contributed by atoms with Crippen LogP contribution in [0.4, 0.5) is 0 Å². The van der Waals surface area contributed by atoms with Gasteiger partial charge in [-0.05, 0) is 6.42 Å². The van der Waals surface area contributed by atoms with Gasteiger partial charge in [0.1, 0.15) is 5.78 Å². The van der Waals surface area contributed by atoms with E-state index in [1.54, 1.807) is 0 Å². The van der Waals surface area contributed by atoms with E-state index in [4.69, 9.17) is 0 Å². The van der Waals surface area contributed by atoms with E-state index in [1.807, 2.05) is 20.8 Å². The number of unbranched alkanes of at least 4 members (excludes halogenated alkanes) is 1. The number of ketones is 1. The highest BCUT2D eigenvalue weighted by Gasteiger charge is 2.23. The molecule has 1 unspecified atom stereocenters. The van der Waals surface area contributed by atoms with Crippen molar-refractivity contribution in [3.05, 3.63) is 0 Å². The Morgan fingerprint density at radius 1 is 1.38 bits per heavy atom. The molecule has 0 heterocycles. The van der Waals surface area contributed by atoms with Crippen LogP contribution in [-0.4, -0.2) is 10.6 Å². The first-order valence-electron chi connectivity index (χ1n) is 5.05. The van der Waals surface area contributed by atoms with Crippen molar-refractivity contribution in [3.63, 3.8) is 0 Å². The molecule has 78 valence electrons. The third kappa shape index (κ3) is 6.25. The average molecular weight is 249 g/mol. The van der Waals surface area contributed by atoms with Crippen molar-refractivity contribution in [3.8, 4) is 0 Å². The molecule has 0 aromatic rings. The Morgan fingerprint density at radius 2 is 1.92 bits per heavy atom. The van der Waals surface area contributed by atoms with E-state index in [0.717, 1.165) is 6.42 Å². The van der Waals surface area contributed by atoms with Crippen molar-refractivity contribution < 1.29 is 4.79 Å². The number of alkyl halides is 1. The molecule has 0 aromatic heterocycles. The molecule has 0 fully saturated rings. The molecule has 0 rings (SSSR count). The summed E-state index contributed by atoms with van der Waals surface area (Å²) in [6.45, 7) is 8.12. The molecule has 0 amide bonds. The first-order chi connectivity index (χ1) is 5.88. The first-order valence-corrected chi connectivity index (χ1v) is 5.97. The molecule has 0 bridgehead atoms. The van der Waals surface area contributed by atoms with Crippen molar-refractivity contribution >= 4 is 21.7 Å². The summed E-state index contributed by atoms with van der Waals surface area (Å²) < 4.78 is 0. The molecule has 13 heavy (non-hydrogen) atoms. The summed E-state index contributed by atoms with van der Waals surface area (Å²) in [7, 11) is 0. The molecule has 1 atom stereocenters. The lowest BCUT2D eigenvalue weighted by atomic mass is 9.88. The van der Waals surface area contributed by atoms with E-state index in [2.05, 4.69) is 22.9 Å². The molecular formula is C11H21BrO. The highest BCUT2D eigenvalue weighted by Crippen LogP contribution is 2.22. The van der Waals surface area contributed by atoms with Crippen LogP contribution < -0.4 is 0 Å². The zero-order valence-electron chi connectivity index (χ0n) is 9.19. The monoisotopic (exact) mass is 248 g/mol. The lowest BCUT2D eigenvalue weighted by Crippen LogP contribution is -2.23. The molecule has 0 aliphatic carbocycles. The third-order valence-electron chi connectivity index (χ3n) is 2.11. The number of hydrogen-bond acceptors (Lipinski definition) is 1. The number of carbonyl (C=O) groups excluding carboxylic acids is 1. The number of rotatable bonds is 5. The smallest absolute Gasteiger partial charge is 0.139 e. The summed E-state index contributed by atoms with van der Waals surface area (Å²) in [5, 5.41) is 0. The standard InChI is InChI=1S/C11H21BrO/c1-5-6-7-9(12)8-10(13)11(2,3)4/h9H,5-8H2,1-4H3. The Labute approximate surface area is 90.4 Å². The van der Waals surface area contributed by atoms with Crippen LogP contribution in [0, 0.1) is 5.41 Å². The molecule has 0 saturated heterocycles. The van der Waals surface area contributed by atoms with E-state index in [-0.39, 0.29) is 5.41 Å². The van der Waals surface area contributed by atoms with Crippen molar-refractivity contribution in [2.75, 3.05) is 0 Å². The summed E-state index contributed by atoms with van der Waals surface area (Å²) in [4.78, 5) is 12.0. The van der Waals surface area contributed by atoms with Crippen molar-refractivity contribution in [2.24, 2.45) is 5.41 Å². The summed E-state index contributed by atoms with van der Waals surface area (Å²) in [5.74, 6) is 0.352. The molecule has 0 aliphatic rings. The van der Waals surface area contributed by atoms with Gasteiger partial charge in [0.2, 0.25) is 0 Å². The van der Waals surface area contributed by atoms with Gasteiger partial charge in [0, 0.05) is 16.7 Å². The second-order valence-electron chi connectivity index (χ2n) is 4.62. The zero-order chi connectivity index (χ0) is 10.5. The van der Waals surface area contributed by atoms with Crippen LogP contribution in [-0.2, 0) is 4.79 Å². The minimum atomic E-state index is -0.182. The largest absolute Gasteiger partial charge is 0.299 e. The predicted molar refractivity (Wildman–Crippen MR) is 61.3 cm³/mol. The van der Waals surface area contributed by atoms with Crippen molar-refractivity contribution in [1.82, 2.24) is 0 Å². The SMILES string of the molecule is CCCCC(Br)CC(=O)C(C)(C)C. The molecular weight excluding hydrogens is 228 g/mol. The Hall–Kier alpha value is 0.150. The fraction of sp³-hybridized carbons (Fsp3) is 0.909. The second kappa shape index (κ2) is 5.79. The van der Waals surface area contributed by atoms with Crippen molar-refractivity contribution in [2.45, 2.75) is 58.2 Å². The average Bonchev–Trinajstić information content (AvgIpc) is 1.99. The molecule has 1 nitrogen and oxygen atoms in total. The molecule has 0 aromatic carbocycles. The fourth-order valence-corrected chi connectivity index (χ4v) is 1.65. The molecule has 0 aliphatic heterocycles. The highest BCUT2D eigenvalue weighted by molar-refractivity contribution is 9.09. The molecule has 2 heteroatoms. The van der Waals surface area contributed by atoms with Gasteiger partial charge in [-0.2, -0.15) is 0 Å². The van der Waals surface area contributed by atoms with E-state index in [0.29, 0.717) is 17.0 Å². The predicted octanol–water partition coefficient (Wildman–Crippen LogP) is 3.95. The normalized spacial score (nSPS) is 14.2. The van der Waals surface area contributed by atoms with Gasteiger partial charge in [-0.3, -0.25) is 4.79 Å². The van der Waals surface area contributed by atoms with E-state index in [9.17, 15) is 4.79 Å². The molecule has 0 N–H and O–H groups in total. The maximum atomic E-state index is 11.6. The lowest BCUT2D eigenvalue weighted by molar-refractivity contribution is -0.126. The molecule has 0 spiro atoms. The minimum absolute atomic E-state index is 0.182. The summed E-state index contributed by atoms with van der Waals surface area (Å²) in [6, 6.07) is 0. The fourth-order valence-electron chi connectivity index (χ4n) is 1.04. The van der Waals surface area contributed by atoms with Gasteiger partial charge in [-0.1, -0.05) is 56.5 Å². The van der Waals surface area contributed by atoms with Gasteiger partial charge in [0.15, 0.2) is 0 Å². The zero-order valence-corrected chi connectivity index (χ0v) is 10.8.